The first-order chi connectivity index (χ1) is 16.3. The smallest absolute Gasteiger partial charge is 0.350 e. The van der Waals surface area contributed by atoms with Crippen LogP contribution in [0.5, 0.6) is 5.75 Å². The Hall–Kier alpha value is -3.33. The van der Waals surface area contributed by atoms with E-state index in [4.69, 9.17) is 16.3 Å². The molecule has 8 nitrogen and oxygen atoms in total. The van der Waals surface area contributed by atoms with Gasteiger partial charge in [-0.15, -0.1) is 0 Å². The summed E-state index contributed by atoms with van der Waals surface area (Å²) in [4.78, 5) is 27.5. The van der Waals surface area contributed by atoms with Gasteiger partial charge in [-0.3, -0.25) is 9.36 Å². The molecule has 5 rings (SSSR count). The molecule has 0 unspecified atom stereocenters. The normalized spacial score (nSPS) is 21.2. The van der Waals surface area contributed by atoms with Crippen LogP contribution in [0, 0.1) is 24.6 Å². The first-order valence-electron chi connectivity index (χ1n) is 11.7. The van der Waals surface area contributed by atoms with E-state index >= 15 is 4.39 Å². The van der Waals surface area contributed by atoms with Crippen LogP contribution in [-0.2, 0) is 0 Å². The number of nitrogens with two attached hydrogens (primary N) is 2. The average molecular weight is 468 g/mol. The molecule has 0 radical (unpaired) electrons. The van der Waals surface area contributed by atoms with Crippen LogP contribution >= 0.6 is 0 Å². The number of aromatic nitrogens is 2. The van der Waals surface area contributed by atoms with Gasteiger partial charge in [0.05, 0.1) is 16.6 Å². The van der Waals surface area contributed by atoms with Crippen molar-refractivity contribution in [3.63, 3.8) is 0 Å². The quantitative estimate of drug-likeness (QED) is 0.538. The Bertz CT molecular complexity index is 1350. The summed E-state index contributed by atoms with van der Waals surface area (Å²) in [7, 11) is 0. The standard InChI is InChI=1S/C25H30FN5O3/c1-14-11-29(12-19(14)21(27)13-34-17-6-4-3-5-7-17)23-15(2)22-18(10-20(23)26)24(32)31(28)25(33)30(22)16-8-9-16/h3-7,10,14,16,19,21H,8-9,11-13,27-28H2,1-2H3/t14-,19+,21-/m1/s1. The van der Waals surface area contributed by atoms with Crippen molar-refractivity contribution in [3.8, 4) is 5.75 Å². The summed E-state index contributed by atoms with van der Waals surface area (Å²) in [5.74, 6) is 6.31. The van der Waals surface area contributed by atoms with Crippen molar-refractivity contribution in [3.05, 3.63) is 68.6 Å². The number of fused-ring (bicyclic) bond motifs is 1. The molecule has 1 aliphatic carbocycles. The number of rotatable bonds is 6. The molecule has 3 atom stereocenters. The summed E-state index contributed by atoms with van der Waals surface area (Å²) in [6, 6.07) is 10.5. The molecule has 2 heterocycles. The van der Waals surface area contributed by atoms with Gasteiger partial charge in [0, 0.05) is 30.7 Å². The number of para-hydroxylation sites is 1. The van der Waals surface area contributed by atoms with Crippen molar-refractivity contribution >= 4 is 16.6 Å². The van der Waals surface area contributed by atoms with E-state index in [1.165, 1.54) is 6.07 Å². The van der Waals surface area contributed by atoms with E-state index in [0.717, 1.165) is 18.6 Å². The molecule has 0 bridgehead atoms. The predicted octanol–water partition coefficient (Wildman–Crippen LogP) is 2.14. The van der Waals surface area contributed by atoms with E-state index in [2.05, 4.69) is 6.92 Å². The fraction of sp³-hybridized carbons (Fsp3) is 0.440. The lowest BCUT2D eigenvalue weighted by Gasteiger charge is -2.25. The highest BCUT2D eigenvalue weighted by Gasteiger charge is 2.37. The van der Waals surface area contributed by atoms with Gasteiger partial charge >= 0.3 is 5.69 Å². The molecule has 2 aromatic carbocycles. The summed E-state index contributed by atoms with van der Waals surface area (Å²) >= 11 is 0. The largest absolute Gasteiger partial charge is 0.492 e. The molecule has 34 heavy (non-hydrogen) atoms. The lowest BCUT2D eigenvalue weighted by molar-refractivity contribution is 0.233. The highest BCUT2D eigenvalue weighted by atomic mass is 19.1. The number of hydrogen-bond acceptors (Lipinski definition) is 6. The molecule has 0 amide bonds. The van der Waals surface area contributed by atoms with Crippen LogP contribution < -0.4 is 32.5 Å². The number of hydrogen-bond donors (Lipinski definition) is 2. The Morgan fingerprint density at radius 2 is 1.88 bits per heavy atom. The zero-order chi connectivity index (χ0) is 24.1. The monoisotopic (exact) mass is 467 g/mol. The van der Waals surface area contributed by atoms with E-state index in [1.807, 2.05) is 35.2 Å². The molecule has 2 fully saturated rings. The molecule has 0 spiro atoms. The van der Waals surface area contributed by atoms with E-state index in [9.17, 15) is 9.59 Å². The number of nitrogen functional groups attached to an aromatic ring is 1. The van der Waals surface area contributed by atoms with Crippen LogP contribution in [0.25, 0.3) is 10.9 Å². The van der Waals surface area contributed by atoms with Crippen molar-refractivity contribution in [2.75, 3.05) is 30.4 Å². The van der Waals surface area contributed by atoms with Crippen molar-refractivity contribution in [2.45, 2.75) is 38.8 Å². The minimum atomic E-state index is -0.682. The third-order valence-corrected chi connectivity index (χ3v) is 7.20. The van der Waals surface area contributed by atoms with Crippen LogP contribution in [0.2, 0.25) is 0 Å². The predicted molar refractivity (Wildman–Crippen MR) is 130 cm³/mol. The number of halogens is 1. The van der Waals surface area contributed by atoms with Crippen LogP contribution in [0.15, 0.2) is 46.0 Å². The summed E-state index contributed by atoms with van der Waals surface area (Å²) in [5.41, 5.74) is 6.74. The van der Waals surface area contributed by atoms with E-state index in [0.29, 0.717) is 41.1 Å². The van der Waals surface area contributed by atoms with Gasteiger partial charge in [-0.25, -0.2) is 9.18 Å². The van der Waals surface area contributed by atoms with Crippen LogP contribution in [0.4, 0.5) is 10.1 Å². The second kappa shape index (κ2) is 8.47. The maximum absolute atomic E-state index is 15.4. The molecule has 1 aliphatic heterocycles. The zero-order valence-electron chi connectivity index (χ0n) is 19.4. The second-order valence-electron chi connectivity index (χ2n) is 9.62. The number of anilines is 1. The van der Waals surface area contributed by atoms with E-state index < -0.39 is 17.1 Å². The summed E-state index contributed by atoms with van der Waals surface area (Å²) in [6.07, 6.45) is 1.66. The average Bonchev–Trinajstić information content (AvgIpc) is 3.59. The fourth-order valence-electron chi connectivity index (χ4n) is 5.28. The molecule has 1 saturated carbocycles. The number of ether oxygens (including phenoxy) is 1. The Labute approximate surface area is 196 Å². The summed E-state index contributed by atoms with van der Waals surface area (Å²) in [5, 5.41) is 0.129. The highest BCUT2D eigenvalue weighted by Crippen LogP contribution is 2.40. The molecular weight excluding hydrogens is 437 g/mol. The van der Waals surface area contributed by atoms with Gasteiger partial charge in [-0.1, -0.05) is 25.1 Å². The Morgan fingerprint density at radius 3 is 2.56 bits per heavy atom. The third kappa shape index (κ3) is 3.73. The molecule has 1 saturated heterocycles. The highest BCUT2D eigenvalue weighted by molar-refractivity contribution is 5.87. The third-order valence-electron chi connectivity index (χ3n) is 7.20. The van der Waals surface area contributed by atoms with Crippen molar-refractivity contribution in [1.82, 2.24) is 9.24 Å². The van der Waals surface area contributed by atoms with Crippen molar-refractivity contribution in [2.24, 2.45) is 17.6 Å². The minimum Gasteiger partial charge on any atom is -0.492 e. The van der Waals surface area contributed by atoms with Crippen molar-refractivity contribution in [1.29, 1.82) is 0 Å². The lowest BCUT2D eigenvalue weighted by Crippen LogP contribution is -2.44. The summed E-state index contributed by atoms with van der Waals surface area (Å²) < 4.78 is 23.4. The van der Waals surface area contributed by atoms with Crippen LogP contribution in [-0.4, -0.2) is 35.0 Å². The van der Waals surface area contributed by atoms with Crippen LogP contribution in [0.1, 0.15) is 31.4 Å². The Balaban J connectivity index is 1.47. The van der Waals surface area contributed by atoms with Gasteiger partial charge in [0.2, 0.25) is 0 Å². The number of nitrogens with zero attached hydrogens (tertiary/aromatic N) is 3. The number of benzene rings is 2. The van der Waals surface area contributed by atoms with Gasteiger partial charge in [0.25, 0.3) is 5.56 Å². The molecule has 2 aliphatic rings. The Morgan fingerprint density at radius 1 is 1.18 bits per heavy atom. The van der Waals surface area contributed by atoms with Gasteiger partial charge in [-0.2, -0.15) is 4.68 Å². The van der Waals surface area contributed by atoms with Crippen LogP contribution in [0.3, 0.4) is 0 Å². The fourth-order valence-corrected chi connectivity index (χ4v) is 5.28. The maximum Gasteiger partial charge on any atom is 0.350 e. The van der Waals surface area contributed by atoms with Gasteiger partial charge in [0.15, 0.2) is 0 Å². The molecule has 4 N–H and O–H groups in total. The Kier molecular flexibility index (Phi) is 5.59. The van der Waals surface area contributed by atoms with Crippen molar-refractivity contribution < 1.29 is 9.13 Å². The second-order valence-corrected chi connectivity index (χ2v) is 9.62. The molecule has 3 aromatic rings. The molecule has 1 aromatic heterocycles. The molecule has 180 valence electrons. The SMILES string of the molecule is Cc1c(N2C[C@H]([C@H](N)COc3ccccc3)[C@H](C)C2)c(F)cc2c(=O)n(N)c(=O)n(C3CC3)c12. The van der Waals surface area contributed by atoms with E-state index in [-0.39, 0.29) is 29.3 Å². The zero-order valence-corrected chi connectivity index (χ0v) is 19.4. The number of aryl methyl sites for hydroxylation is 1. The molecular formula is C25H30FN5O3. The summed E-state index contributed by atoms with van der Waals surface area (Å²) in [6.45, 7) is 5.42. The topological polar surface area (TPSA) is 109 Å². The van der Waals surface area contributed by atoms with E-state index in [1.54, 1.807) is 11.5 Å². The van der Waals surface area contributed by atoms with Gasteiger partial charge in [0.1, 0.15) is 18.2 Å². The minimum absolute atomic E-state index is 0.0174. The molecule has 9 heteroatoms. The lowest BCUT2D eigenvalue weighted by atomic mass is 9.91. The van der Waals surface area contributed by atoms with Gasteiger partial charge in [-0.05, 0) is 49.8 Å². The maximum atomic E-state index is 15.4. The van der Waals surface area contributed by atoms with Gasteiger partial charge < -0.3 is 21.2 Å². The first kappa shape index (κ1) is 22.5. The first-order valence-corrected chi connectivity index (χ1v) is 11.7.